The molecule has 1 aliphatic rings. The minimum atomic E-state index is 0.190. The summed E-state index contributed by atoms with van der Waals surface area (Å²) in [6, 6.07) is 4.09. The van der Waals surface area contributed by atoms with Crippen molar-refractivity contribution in [3.05, 3.63) is 34.1 Å². The van der Waals surface area contributed by atoms with Crippen molar-refractivity contribution >= 4 is 17.2 Å². The summed E-state index contributed by atoms with van der Waals surface area (Å²) < 4.78 is 5.36. The van der Waals surface area contributed by atoms with Crippen LogP contribution in [0.1, 0.15) is 42.3 Å². The predicted octanol–water partition coefficient (Wildman–Crippen LogP) is 2.45. The summed E-state index contributed by atoms with van der Waals surface area (Å²) in [5.41, 5.74) is 0. The second-order valence-corrected chi connectivity index (χ2v) is 6.02. The third-order valence-corrected chi connectivity index (χ3v) is 4.47. The third kappa shape index (κ3) is 2.75. The van der Waals surface area contributed by atoms with Gasteiger partial charge in [0.2, 0.25) is 11.8 Å². The van der Waals surface area contributed by atoms with Crippen LogP contribution >= 0.6 is 11.3 Å². The summed E-state index contributed by atoms with van der Waals surface area (Å²) in [6.07, 6.45) is 2.18. The van der Waals surface area contributed by atoms with Gasteiger partial charge in [0.05, 0.1) is 5.92 Å². The van der Waals surface area contributed by atoms with Gasteiger partial charge >= 0.3 is 0 Å². The zero-order valence-corrected chi connectivity index (χ0v) is 12.2. The maximum atomic E-state index is 11.7. The number of rotatable bonds is 4. The summed E-state index contributed by atoms with van der Waals surface area (Å²) in [5, 5.41) is 6.09. The lowest BCUT2D eigenvalue weighted by molar-refractivity contribution is -0.129. The molecule has 0 unspecified atom stereocenters. The van der Waals surface area contributed by atoms with Crippen LogP contribution < -0.4 is 0 Å². The van der Waals surface area contributed by atoms with E-state index in [1.165, 1.54) is 4.88 Å². The molecule has 0 aromatic carbocycles. The molecule has 106 valence electrons. The van der Waals surface area contributed by atoms with E-state index in [0.29, 0.717) is 25.3 Å². The standard InChI is InChI=1S/C14H17N3O2S/c1-2-13(18)17-6-5-10(9-17)14-15-12(16-19-14)8-11-4-3-7-20-11/h3-4,7,10H,2,5-6,8-9H2,1H3/t10-/m0/s1. The zero-order chi connectivity index (χ0) is 13.9. The monoisotopic (exact) mass is 291 g/mol. The third-order valence-electron chi connectivity index (χ3n) is 3.59. The van der Waals surface area contributed by atoms with Gasteiger partial charge in [-0.05, 0) is 17.9 Å². The van der Waals surface area contributed by atoms with E-state index < -0.39 is 0 Å². The second-order valence-electron chi connectivity index (χ2n) is 4.98. The lowest BCUT2D eigenvalue weighted by atomic mass is 10.1. The molecule has 0 saturated carbocycles. The van der Waals surface area contributed by atoms with E-state index in [9.17, 15) is 4.79 Å². The number of aromatic nitrogens is 2. The highest BCUT2D eigenvalue weighted by molar-refractivity contribution is 7.09. The molecule has 0 spiro atoms. The van der Waals surface area contributed by atoms with Gasteiger partial charge in [0, 0.05) is 30.8 Å². The van der Waals surface area contributed by atoms with Gasteiger partial charge in [0.25, 0.3) is 0 Å². The Bertz CT molecular complexity index is 579. The number of carbonyl (C=O) groups excluding carboxylic acids is 1. The van der Waals surface area contributed by atoms with Crippen LogP contribution in [0.2, 0.25) is 0 Å². The number of nitrogens with zero attached hydrogens (tertiary/aromatic N) is 3. The molecule has 3 heterocycles. The Hall–Kier alpha value is -1.69. The Kier molecular flexibility index (Phi) is 3.82. The van der Waals surface area contributed by atoms with Gasteiger partial charge in [0.1, 0.15) is 0 Å². The van der Waals surface area contributed by atoms with Crippen LogP contribution in [0.5, 0.6) is 0 Å². The fourth-order valence-electron chi connectivity index (χ4n) is 2.49. The highest BCUT2D eigenvalue weighted by Gasteiger charge is 2.30. The van der Waals surface area contributed by atoms with Crippen LogP contribution in [-0.2, 0) is 11.2 Å². The van der Waals surface area contributed by atoms with Gasteiger partial charge in [-0.1, -0.05) is 18.1 Å². The lowest BCUT2D eigenvalue weighted by Crippen LogP contribution is -2.27. The first-order valence-electron chi connectivity index (χ1n) is 6.89. The van der Waals surface area contributed by atoms with Crippen molar-refractivity contribution in [2.45, 2.75) is 32.1 Å². The fraction of sp³-hybridized carbons (Fsp3) is 0.500. The first-order chi connectivity index (χ1) is 9.76. The van der Waals surface area contributed by atoms with E-state index in [0.717, 1.165) is 18.8 Å². The molecular weight excluding hydrogens is 274 g/mol. The molecular formula is C14H17N3O2S. The van der Waals surface area contributed by atoms with Crippen molar-refractivity contribution in [2.75, 3.05) is 13.1 Å². The van der Waals surface area contributed by atoms with E-state index in [-0.39, 0.29) is 11.8 Å². The summed E-state index contributed by atoms with van der Waals surface area (Å²) >= 11 is 1.69. The van der Waals surface area contributed by atoms with E-state index >= 15 is 0 Å². The van der Waals surface area contributed by atoms with E-state index in [4.69, 9.17) is 4.52 Å². The first kappa shape index (κ1) is 13.3. The van der Waals surface area contributed by atoms with Crippen molar-refractivity contribution in [1.29, 1.82) is 0 Å². The van der Waals surface area contributed by atoms with E-state index in [1.54, 1.807) is 11.3 Å². The van der Waals surface area contributed by atoms with Crippen molar-refractivity contribution in [1.82, 2.24) is 15.0 Å². The SMILES string of the molecule is CCC(=O)N1CC[C@H](c2nc(Cc3cccs3)no2)C1. The summed E-state index contributed by atoms with van der Waals surface area (Å²) in [4.78, 5) is 19.3. The Morgan fingerprint density at radius 1 is 1.60 bits per heavy atom. The predicted molar refractivity (Wildman–Crippen MR) is 75.7 cm³/mol. The lowest BCUT2D eigenvalue weighted by Gasteiger charge is -2.13. The van der Waals surface area contributed by atoms with Gasteiger partial charge < -0.3 is 9.42 Å². The van der Waals surface area contributed by atoms with Gasteiger partial charge in [-0.3, -0.25) is 4.79 Å². The molecule has 5 nitrogen and oxygen atoms in total. The van der Waals surface area contributed by atoms with Gasteiger partial charge in [-0.15, -0.1) is 11.3 Å². The molecule has 1 saturated heterocycles. The van der Waals surface area contributed by atoms with Crippen LogP contribution in [0, 0.1) is 0 Å². The summed E-state index contributed by atoms with van der Waals surface area (Å²) in [7, 11) is 0. The van der Waals surface area contributed by atoms with Crippen molar-refractivity contribution in [3.63, 3.8) is 0 Å². The number of hydrogen-bond acceptors (Lipinski definition) is 5. The van der Waals surface area contributed by atoms with Crippen molar-refractivity contribution in [3.8, 4) is 0 Å². The molecule has 0 radical (unpaired) electrons. The number of likely N-dealkylation sites (tertiary alicyclic amines) is 1. The van der Waals surface area contributed by atoms with E-state index in [2.05, 4.69) is 16.2 Å². The minimum absolute atomic E-state index is 0.190. The summed E-state index contributed by atoms with van der Waals surface area (Å²) in [5.74, 6) is 1.78. The molecule has 0 N–H and O–H groups in total. The van der Waals surface area contributed by atoms with Crippen LogP contribution in [-0.4, -0.2) is 34.0 Å². The first-order valence-corrected chi connectivity index (χ1v) is 7.77. The maximum absolute atomic E-state index is 11.7. The van der Waals surface area contributed by atoms with Crippen LogP contribution in [0.15, 0.2) is 22.0 Å². The van der Waals surface area contributed by atoms with Crippen molar-refractivity contribution in [2.24, 2.45) is 0 Å². The fourth-order valence-corrected chi connectivity index (χ4v) is 3.19. The second kappa shape index (κ2) is 5.75. The molecule has 0 bridgehead atoms. The molecule has 1 atom stereocenters. The average molecular weight is 291 g/mol. The normalized spacial score (nSPS) is 18.6. The number of thiophene rings is 1. The average Bonchev–Trinajstić information content (AvgIpc) is 3.18. The van der Waals surface area contributed by atoms with Crippen LogP contribution in [0.3, 0.4) is 0 Å². The van der Waals surface area contributed by atoms with Gasteiger partial charge in [-0.25, -0.2) is 0 Å². The van der Waals surface area contributed by atoms with Crippen LogP contribution in [0.25, 0.3) is 0 Å². The minimum Gasteiger partial charge on any atom is -0.342 e. The number of hydrogen-bond donors (Lipinski definition) is 0. The number of carbonyl (C=O) groups is 1. The van der Waals surface area contributed by atoms with E-state index in [1.807, 2.05) is 23.3 Å². The molecule has 0 aliphatic carbocycles. The van der Waals surface area contributed by atoms with Crippen molar-refractivity contribution < 1.29 is 9.32 Å². The molecule has 1 fully saturated rings. The highest BCUT2D eigenvalue weighted by atomic mass is 32.1. The largest absolute Gasteiger partial charge is 0.342 e. The summed E-state index contributed by atoms with van der Waals surface area (Å²) in [6.45, 7) is 3.38. The maximum Gasteiger partial charge on any atom is 0.231 e. The Morgan fingerprint density at radius 2 is 2.50 bits per heavy atom. The molecule has 2 aromatic heterocycles. The smallest absolute Gasteiger partial charge is 0.231 e. The van der Waals surface area contributed by atoms with Gasteiger partial charge in [-0.2, -0.15) is 4.98 Å². The quantitative estimate of drug-likeness (QED) is 0.868. The zero-order valence-electron chi connectivity index (χ0n) is 11.4. The molecule has 1 aliphatic heterocycles. The molecule has 6 heteroatoms. The molecule has 20 heavy (non-hydrogen) atoms. The molecule has 2 aromatic rings. The highest BCUT2D eigenvalue weighted by Crippen LogP contribution is 2.26. The Morgan fingerprint density at radius 3 is 3.25 bits per heavy atom. The Labute approximate surface area is 121 Å². The van der Waals surface area contributed by atoms with Crippen LogP contribution in [0.4, 0.5) is 0 Å². The topological polar surface area (TPSA) is 59.2 Å². The van der Waals surface area contributed by atoms with Gasteiger partial charge in [0.15, 0.2) is 5.82 Å². The molecule has 3 rings (SSSR count). The Balaban J connectivity index is 1.64. The number of amides is 1. The molecule has 1 amide bonds.